The Balaban J connectivity index is 3.54. The number of thiol groups is 3. The molecule has 0 radical (unpaired) electrons. The van der Waals surface area contributed by atoms with Gasteiger partial charge in [0.1, 0.15) is 4.08 Å². The van der Waals surface area contributed by atoms with Crippen molar-refractivity contribution >= 4 is 49.0 Å². The van der Waals surface area contributed by atoms with Gasteiger partial charge in [-0.05, 0) is 12.8 Å². The Morgan fingerprint density at radius 2 is 1.71 bits per heavy atom. The molecule has 6 heteroatoms. The van der Waals surface area contributed by atoms with Gasteiger partial charge < -0.3 is 5.11 Å². The zero-order chi connectivity index (χ0) is 11.2. The van der Waals surface area contributed by atoms with Crippen LogP contribution in [0.5, 0.6) is 0 Å². The van der Waals surface area contributed by atoms with Crippen LogP contribution in [0.4, 0.5) is 0 Å². The molecule has 82 valence electrons. The molecule has 0 spiro atoms. The van der Waals surface area contributed by atoms with E-state index in [1.807, 2.05) is 0 Å². The lowest BCUT2D eigenvalue weighted by atomic mass is 10.1. The number of carbonyl (C=O) groups is 2. The number of hydrogen-bond acceptors (Lipinski definition) is 4. The molecule has 0 saturated carbocycles. The van der Waals surface area contributed by atoms with E-state index in [9.17, 15) is 9.59 Å². The third-order valence-corrected chi connectivity index (χ3v) is 3.35. The molecule has 0 aliphatic rings. The number of hydrogen-bond donors (Lipinski definition) is 4. The molecule has 3 nitrogen and oxygen atoms in total. The highest BCUT2D eigenvalue weighted by molar-refractivity contribution is 8.08. The zero-order valence-corrected chi connectivity index (χ0v) is 10.3. The lowest BCUT2D eigenvalue weighted by Gasteiger charge is -2.17. The molecular formula is C8H14O3S3. The van der Waals surface area contributed by atoms with E-state index in [0.717, 1.165) is 12.8 Å². The van der Waals surface area contributed by atoms with Crippen molar-refractivity contribution in [3.8, 4) is 0 Å². The molecule has 0 aromatic rings. The van der Waals surface area contributed by atoms with Crippen molar-refractivity contribution in [3.05, 3.63) is 0 Å². The normalized spacial score (nSPS) is 11.4. The Labute approximate surface area is 99.9 Å². The van der Waals surface area contributed by atoms with Gasteiger partial charge >= 0.3 is 5.97 Å². The lowest BCUT2D eigenvalue weighted by molar-refractivity contribution is -0.137. The fourth-order valence-electron chi connectivity index (χ4n) is 0.931. The van der Waals surface area contributed by atoms with Gasteiger partial charge in [-0.3, -0.25) is 9.59 Å². The van der Waals surface area contributed by atoms with Crippen molar-refractivity contribution in [1.29, 1.82) is 0 Å². The third-order valence-electron chi connectivity index (χ3n) is 1.76. The second kappa shape index (κ2) is 6.63. The zero-order valence-electron chi connectivity index (χ0n) is 7.64. The number of unbranched alkanes of at least 4 members (excludes halogenated alkanes) is 2. The smallest absolute Gasteiger partial charge is 0.303 e. The van der Waals surface area contributed by atoms with Gasteiger partial charge in [-0.25, -0.2) is 0 Å². The highest BCUT2D eigenvalue weighted by Gasteiger charge is 2.26. The van der Waals surface area contributed by atoms with Crippen molar-refractivity contribution in [2.75, 3.05) is 0 Å². The van der Waals surface area contributed by atoms with E-state index >= 15 is 0 Å². The summed E-state index contributed by atoms with van der Waals surface area (Å²) in [4.78, 5) is 21.0. The summed E-state index contributed by atoms with van der Waals surface area (Å²) >= 11 is 11.7. The molecule has 0 amide bonds. The molecule has 0 saturated heterocycles. The summed E-state index contributed by atoms with van der Waals surface area (Å²) in [6, 6.07) is 0. The number of carboxylic acids is 1. The largest absolute Gasteiger partial charge is 0.481 e. The van der Waals surface area contributed by atoms with Gasteiger partial charge in [-0.1, -0.05) is 12.8 Å². The minimum absolute atomic E-state index is 0.168. The monoisotopic (exact) mass is 254 g/mol. The second-order valence-electron chi connectivity index (χ2n) is 3.08. The van der Waals surface area contributed by atoms with Crippen LogP contribution in [0.2, 0.25) is 0 Å². The summed E-state index contributed by atoms with van der Waals surface area (Å²) in [5.41, 5.74) is 0. The van der Waals surface area contributed by atoms with E-state index in [0.29, 0.717) is 12.8 Å². The van der Waals surface area contributed by atoms with Crippen LogP contribution in [0, 0.1) is 0 Å². The van der Waals surface area contributed by atoms with Crippen LogP contribution in [0.15, 0.2) is 0 Å². The maximum absolute atomic E-state index is 10.9. The van der Waals surface area contributed by atoms with Gasteiger partial charge in [0, 0.05) is 6.42 Å². The molecule has 0 heterocycles. The van der Waals surface area contributed by atoms with Crippen molar-refractivity contribution in [2.45, 2.75) is 36.2 Å². The number of carbonyl (C=O) groups excluding carboxylic acids is 1. The molecule has 1 N–H and O–H groups in total. The molecular weight excluding hydrogens is 240 g/mol. The topological polar surface area (TPSA) is 54.4 Å². The average molecular weight is 254 g/mol. The van der Waals surface area contributed by atoms with Gasteiger partial charge in [0.2, 0.25) is 5.12 Å². The van der Waals surface area contributed by atoms with Crippen molar-refractivity contribution in [3.63, 3.8) is 0 Å². The fraction of sp³-hybridized carbons (Fsp3) is 0.750. The summed E-state index contributed by atoms with van der Waals surface area (Å²) in [6.45, 7) is 0. The molecule has 0 fully saturated rings. The Morgan fingerprint density at radius 3 is 2.14 bits per heavy atom. The van der Waals surface area contributed by atoms with Gasteiger partial charge in [-0.15, -0.1) is 12.6 Å². The summed E-state index contributed by atoms with van der Waals surface area (Å²) in [5.74, 6) is -0.793. The van der Waals surface area contributed by atoms with Crippen LogP contribution in [0.3, 0.4) is 0 Å². The van der Waals surface area contributed by atoms with E-state index in [-0.39, 0.29) is 11.5 Å². The Hall–Kier alpha value is 0.190. The average Bonchev–Trinajstić information content (AvgIpc) is 2.02. The van der Waals surface area contributed by atoms with Crippen LogP contribution < -0.4 is 0 Å². The van der Waals surface area contributed by atoms with Crippen LogP contribution in [-0.4, -0.2) is 20.3 Å². The predicted molar refractivity (Wildman–Crippen MR) is 65.4 cm³/mol. The maximum atomic E-state index is 10.9. The minimum atomic E-state index is -0.994. The van der Waals surface area contributed by atoms with Crippen molar-refractivity contribution < 1.29 is 14.7 Å². The predicted octanol–water partition coefficient (Wildman–Crippen LogP) is 2.03. The fourth-order valence-corrected chi connectivity index (χ4v) is 1.36. The van der Waals surface area contributed by atoms with Crippen LogP contribution in [0.25, 0.3) is 0 Å². The van der Waals surface area contributed by atoms with E-state index < -0.39 is 10.0 Å². The molecule has 0 unspecified atom stereocenters. The number of aliphatic carboxylic acids is 1. The molecule has 0 aromatic carbocycles. The van der Waals surface area contributed by atoms with Crippen molar-refractivity contribution in [2.24, 2.45) is 0 Å². The molecule has 0 atom stereocenters. The standard InChI is InChI=1S/C8H14O3S3/c9-6(10)4-2-1-3-5-8(13,14)7(11)12/h13-14H,1-5H2,(H,9,10)(H,11,12). The molecule has 0 aromatic heterocycles. The van der Waals surface area contributed by atoms with Crippen molar-refractivity contribution in [1.82, 2.24) is 0 Å². The molecule has 0 aliphatic heterocycles. The van der Waals surface area contributed by atoms with E-state index in [4.69, 9.17) is 5.11 Å². The van der Waals surface area contributed by atoms with Gasteiger partial charge in [0.15, 0.2) is 0 Å². The van der Waals surface area contributed by atoms with Crippen LogP contribution in [0.1, 0.15) is 32.1 Å². The highest BCUT2D eigenvalue weighted by Crippen LogP contribution is 2.29. The molecule has 14 heavy (non-hydrogen) atoms. The maximum Gasteiger partial charge on any atom is 0.303 e. The minimum Gasteiger partial charge on any atom is -0.481 e. The number of rotatable bonds is 7. The summed E-state index contributed by atoms with van der Waals surface area (Å²) in [6.07, 6.45) is 2.78. The van der Waals surface area contributed by atoms with Gasteiger partial charge in [-0.2, -0.15) is 25.3 Å². The second-order valence-corrected chi connectivity index (χ2v) is 5.36. The Morgan fingerprint density at radius 1 is 1.14 bits per heavy atom. The lowest BCUT2D eigenvalue weighted by Crippen LogP contribution is -2.21. The van der Waals surface area contributed by atoms with E-state index in [1.54, 1.807) is 0 Å². The summed E-state index contributed by atoms with van der Waals surface area (Å²) in [7, 11) is 0. The third kappa shape index (κ3) is 6.62. The summed E-state index contributed by atoms with van der Waals surface area (Å²) in [5, 5.41) is 7.99. The molecule has 0 rings (SSSR count). The first kappa shape index (κ1) is 14.2. The van der Waals surface area contributed by atoms with Crippen LogP contribution >= 0.6 is 37.9 Å². The number of carboxylic acid groups (broad SMARTS) is 1. The molecule has 0 bridgehead atoms. The quantitative estimate of drug-likeness (QED) is 0.319. The molecule has 0 aliphatic carbocycles. The Kier molecular flexibility index (Phi) is 6.72. The SMILES string of the molecule is O=C(O)CCCCCC(S)(S)C(=O)S. The van der Waals surface area contributed by atoms with Gasteiger partial charge in [0.25, 0.3) is 0 Å². The van der Waals surface area contributed by atoms with Crippen LogP contribution in [-0.2, 0) is 9.59 Å². The van der Waals surface area contributed by atoms with E-state index in [1.165, 1.54) is 0 Å². The Bertz CT molecular complexity index is 216. The first-order valence-electron chi connectivity index (χ1n) is 4.26. The van der Waals surface area contributed by atoms with E-state index in [2.05, 4.69) is 37.9 Å². The highest BCUT2D eigenvalue weighted by atomic mass is 32.2. The summed E-state index contributed by atoms with van der Waals surface area (Å²) < 4.78 is -0.994. The first-order chi connectivity index (χ1) is 6.36. The first-order valence-corrected chi connectivity index (χ1v) is 5.60. The van der Waals surface area contributed by atoms with Gasteiger partial charge in [0.05, 0.1) is 0 Å².